The third-order valence-electron chi connectivity index (χ3n) is 5.88. The van der Waals surface area contributed by atoms with Gasteiger partial charge < -0.3 is 9.73 Å². The normalized spacial score (nSPS) is 29.2. The first-order chi connectivity index (χ1) is 11.7. The molecule has 1 amide bonds. The Balaban J connectivity index is 1.32. The molecule has 1 saturated carbocycles. The number of likely N-dealkylation sites (tertiary alicyclic amines) is 1. The van der Waals surface area contributed by atoms with Gasteiger partial charge in [-0.05, 0) is 50.8 Å². The van der Waals surface area contributed by atoms with E-state index in [9.17, 15) is 4.79 Å². The van der Waals surface area contributed by atoms with Crippen LogP contribution in [0.1, 0.15) is 57.1 Å². The van der Waals surface area contributed by atoms with E-state index in [-0.39, 0.29) is 11.3 Å². The van der Waals surface area contributed by atoms with Crippen molar-refractivity contribution < 1.29 is 9.21 Å². The molecule has 1 aliphatic carbocycles. The average molecular weight is 349 g/mol. The van der Waals surface area contributed by atoms with Gasteiger partial charge in [0.2, 0.25) is 5.91 Å². The molecule has 0 aromatic carbocycles. The number of rotatable bonds is 4. The zero-order chi connectivity index (χ0) is 16.4. The highest BCUT2D eigenvalue weighted by atomic mass is 32.2. The van der Waals surface area contributed by atoms with Gasteiger partial charge in [-0.3, -0.25) is 9.69 Å². The van der Waals surface area contributed by atoms with Crippen LogP contribution in [0.25, 0.3) is 0 Å². The lowest BCUT2D eigenvalue weighted by atomic mass is 9.79. The fourth-order valence-electron chi connectivity index (χ4n) is 4.49. The number of hydrogen-bond donors (Lipinski definition) is 1. The van der Waals surface area contributed by atoms with Crippen molar-refractivity contribution in [2.45, 2.75) is 68.3 Å². The fourth-order valence-corrected chi connectivity index (χ4v) is 5.69. The molecule has 4 rings (SSSR count). The largest absolute Gasteiger partial charge is 0.454 e. The van der Waals surface area contributed by atoms with Crippen LogP contribution < -0.4 is 5.32 Å². The van der Waals surface area contributed by atoms with Crippen LogP contribution in [0.2, 0.25) is 0 Å². The Labute approximate surface area is 148 Å². The molecule has 2 saturated heterocycles. The smallest absolute Gasteiger partial charge is 0.227 e. The first kappa shape index (κ1) is 16.5. The monoisotopic (exact) mass is 348 g/mol. The number of thioether (sulfide) groups is 1. The van der Waals surface area contributed by atoms with E-state index in [2.05, 4.69) is 22.3 Å². The van der Waals surface area contributed by atoms with Gasteiger partial charge in [0.05, 0.1) is 12.0 Å². The Morgan fingerprint density at radius 1 is 1.21 bits per heavy atom. The lowest BCUT2D eigenvalue weighted by molar-refractivity contribution is -0.132. The highest BCUT2D eigenvalue weighted by Crippen LogP contribution is 2.39. The first-order valence-electron chi connectivity index (χ1n) is 9.50. The van der Waals surface area contributed by atoms with Crippen molar-refractivity contribution in [3.05, 3.63) is 17.9 Å². The minimum Gasteiger partial charge on any atom is -0.454 e. The van der Waals surface area contributed by atoms with E-state index in [4.69, 9.17) is 4.42 Å². The van der Waals surface area contributed by atoms with Crippen LogP contribution in [0, 0.1) is 5.41 Å². The predicted octanol–water partition coefficient (Wildman–Crippen LogP) is 3.81. The SMILES string of the molecule is O=C1NCCC[C@@]12CCN(Cc1ccc(SC3CCCCC3)o1)C2. The molecular formula is C19H28N2O2S. The molecule has 3 heterocycles. The maximum atomic E-state index is 12.3. The Morgan fingerprint density at radius 3 is 2.92 bits per heavy atom. The number of amides is 1. The summed E-state index contributed by atoms with van der Waals surface area (Å²) in [6.07, 6.45) is 9.91. The van der Waals surface area contributed by atoms with E-state index in [1.54, 1.807) is 0 Å². The molecule has 2 aliphatic heterocycles. The molecule has 1 spiro atoms. The third kappa shape index (κ3) is 3.52. The van der Waals surface area contributed by atoms with E-state index >= 15 is 0 Å². The summed E-state index contributed by atoms with van der Waals surface area (Å²) in [4.78, 5) is 14.7. The van der Waals surface area contributed by atoms with Gasteiger partial charge in [0.25, 0.3) is 0 Å². The number of nitrogens with one attached hydrogen (secondary N) is 1. The van der Waals surface area contributed by atoms with Crippen LogP contribution in [-0.2, 0) is 11.3 Å². The van der Waals surface area contributed by atoms with Crippen LogP contribution in [-0.4, -0.2) is 35.7 Å². The Kier molecular flexibility index (Phi) is 4.90. The number of furan rings is 1. The molecule has 4 nitrogen and oxygen atoms in total. The molecule has 3 fully saturated rings. The zero-order valence-corrected chi connectivity index (χ0v) is 15.2. The summed E-state index contributed by atoms with van der Waals surface area (Å²) in [5, 5.41) is 4.86. The Hall–Kier alpha value is -0.940. The molecule has 0 unspecified atom stereocenters. The topological polar surface area (TPSA) is 45.5 Å². The third-order valence-corrected chi connectivity index (χ3v) is 7.14. The van der Waals surface area contributed by atoms with Crippen molar-refractivity contribution in [2.24, 2.45) is 5.41 Å². The fraction of sp³-hybridized carbons (Fsp3) is 0.737. The second-order valence-electron chi connectivity index (χ2n) is 7.70. The molecule has 1 aromatic heterocycles. The number of piperidine rings is 1. The highest BCUT2D eigenvalue weighted by molar-refractivity contribution is 7.99. The van der Waals surface area contributed by atoms with Crippen LogP contribution in [0.5, 0.6) is 0 Å². The summed E-state index contributed by atoms with van der Waals surface area (Å²) in [6, 6.07) is 4.25. The summed E-state index contributed by atoms with van der Waals surface area (Å²) in [5.74, 6) is 1.31. The minimum absolute atomic E-state index is 0.134. The van der Waals surface area contributed by atoms with Gasteiger partial charge in [0, 0.05) is 18.3 Å². The molecule has 24 heavy (non-hydrogen) atoms. The van der Waals surface area contributed by atoms with Crippen LogP contribution in [0.15, 0.2) is 21.6 Å². The second kappa shape index (κ2) is 7.12. The van der Waals surface area contributed by atoms with Crippen LogP contribution in [0.3, 0.4) is 0 Å². The number of carbonyl (C=O) groups excluding carboxylic acids is 1. The maximum Gasteiger partial charge on any atom is 0.227 e. The van der Waals surface area contributed by atoms with Crippen molar-refractivity contribution in [1.82, 2.24) is 10.2 Å². The van der Waals surface area contributed by atoms with Crippen molar-refractivity contribution >= 4 is 17.7 Å². The van der Waals surface area contributed by atoms with E-state index in [0.717, 1.165) is 61.5 Å². The summed E-state index contributed by atoms with van der Waals surface area (Å²) in [6.45, 7) is 3.56. The van der Waals surface area contributed by atoms with Crippen molar-refractivity contribution in [3.8, 4) is 0 Å². The van der Waals surface area contributed by atoms with Crippen molar-refractivity contribution in [1.29, 1.82) is 0 Å². The summed E-state index contributed by atoms with van der Waals surface area (Å²) in [5.41, 5.74) is -0.134. The quantitative estimate of drug-likeness (QED) is 0.899. The molecule has 1 aromatic rings. The first-order valence-corrected chi connectivity index (χ1v) is 10.4. The molecule has 1 N–H and O–H groups in total. The van der Waals surface area contributed by atoms with Crippen LogP contribution in [0.4, 0.5) is 0 Å². The minimum atomic E-state index is -0.134. The number of carbonyl (C=O) groups is 1. The van der Waals surface area contributed by atoms with Gasteiger partial charge in [-0.2, -0.15) is 0 Å². The van der Waals surface area contributed by atoms with E-state index in [0.29, 0.717) is 0 Å². The molecule has 0 radical (unpaired) electrons. The predicted molar refractivity (Wildman–Crippen MR) is 96.0 cm³/mol. The second-order valence-corrected chi connectivity index (χ2v) is 9.00. The molecule has 0 bridgehead atoms. The van der Waals surface area contributed by atoms with Gasteiger partial charge in [-0.15, -0.1) is 0 Å². The van der Waals surface area contributed by atoms with Gasteiger partial charge in [0.15, 0.2) is 5.09 Å². The molecule has 5 heteroatoms. The number of hydrogen-bond acceptors (Lipinski definition) is 4. The summed E-state index contributed by atoms with van der Waals surface area (Å²) < 4.78 is 6.07. The van der Waals surface area contributed by atoms with Crippen LogP contribution >= 0.6 is 11.8 Å². The maximum absolute atomic E-state index is 12.3. The summed E-state index contributed by atoms with van der Waals surface area (Å²) in [7, 11) is 0. The van der Waals surface area contributed by atoms with Gasteiger partial charge in [-0.1, -0.05) is 31.0 Å². The lowest BCUT2D eigenvalue weighted by Crippen LogP contribution is -2.47. The standard InChI is InChI=1S/C19H28N2O2S/c22-18-19(9-4-11-20-18)10-12-21(14-19)13-15-7-8-17(23-15)24-16-5-2-1-3-6-16/h7-8,16H,1-6,9-14H2,(H,20,22)/t19-/m0/s1. The highest BCUT2D eigenvalue weighted by Gasteiger charge is 2.45. The van der Waals surface area contributed by atoms with Gasteiger partial charge in [0.1, 0.15) is 5.76 Å². The molecule has 132 valence electrons. The molecule has 1 atom stereocenters. The Bertz CT molecular complexity index is 582. The lowest BCUT2D eigenvalue weighted by Gasteiger charge is -2.32. The van der Waals surface area contributed by atoms with Crippen molar-refractivity contribution in [2.75, 3.05) is 19.6 Å². The van der Waals surface area contributed by atoms with Gasteiger partial charge >= 0.3 is 0 Å². The van der Waals surface area contributed by atoms with E-state index < -0.39 is 0 Å². The van der Waals surface area contributed by atoms with E-state index in [1.165, 1.54) is 32.1 Å². The van der Waals surface area contributed by atoms with Gasteiger partial charge in [-0.25, -0.2) is 0 Å². The molecular weight excluding hydrogens is 320 g/mol. The number of nitrogens with zero attached hydrogens (tertiary/aromatic N) is 1. The average Bonchev–Trinajstić information content (AvgIpc) is 3.20. The van der Waals surface area contributed by atoms with Crippen molar-refractivity contribution in [3.63, 3.8) is 0 Å². The van der Waals surface area contributed by atoms with E-state index in [1.807, 2.05) is 11.8 Å². The summed E-state index contributed by atoms with van der Waals surface area (Å²) >= 11 is 1.92. The zero-order valence-electron chi connectivity index (χ0n) is 14.4. The Morgan fingerprint density at radius 2 is 2.08 bits per heavy atom. The molecule has 3 aliphatic rings.